The number of rotatable bonds is 1. The first-order chi connectivity index (χ1) is 16.4. The number of hydrogen-bond acceptors (Lipinski definition) is 4. The van der Waals surface area contributed by atoms with E-state index in [0.717, 1.165) is 31.2 Å². The molecule has 1 atom stereocenters. The molecule has 3 heterocycles. The molecule has 1 aromatic heterocycles. The number of amides is 1. The molecule has 34 heavy (non-hydrogen) atoms. The summed E-state index contributed by atoms with van der Waals surface area (Å²) < 4.78 is 1.68. The van der Waals surface area contributed by atoms with Crippen LogP contribution in [-0.4, -0.2) is 33.8 Å². The van der Waals surface area contributed by atoms with Crippen molar-refractivity contribution in [1.29, 1.82) is 0 Å². The molecule has 2 aromatic carbocycles. The minimum Gasteiger partial charge on any atom is -0.502 e. The fourth-order valence-electron chi connectivity index (χ4n) is 5.29. The van der Waals surface area contributed by atoms with E-state index in [0.29, 0.717) is 13.2 Å². The summed E-state index contributed by atoms with van der Waals surface area (Å²) >= 11 is 0. The van der Waals surface area contributed by atoms with E-state index in [-0.39, 0.29) is 23.1 Å². The molecule has 0 saturated carbocycles. The fraction of sp³-hybridized carbons (Fsp3) is 0.357. The highest BCUT2D eigenvalue weighted by atomic mass is 16.3. The second-order valence-corrected chi connectivity index (χ2v) is 10.2. The van der Waals surface area contributed by atoms with E-state index >= 15 is 0 Å². The Hall–Kier alpha value is -3.54. The van der Waals surface area contributed by atoms with Crippen molar-refractivity contribution in [1.82, 2.24) is 9.58 Å². The summed E-state index contributed by atoms with van der Waals surface area (Å²) in [5.41, 5.74) is 3.17. The third-order valence-electron chi connectivity index (χ3n) is 7.25. The molecular weight excluding hydrogens is 426 g/mol. The lowest BCUT2D eigenvalue weighted by atomic mass is 9.80. The molecule has 6 nitrogen and oxygen atoms in total. The Labute approximate surface area is 200 Å². The number of carbonyl (C=O) groups is 1. The summed E-state index contributed by atoms with van der Waals surface area (Å²) in [6.45, 7) is 5.52. The Morgan fingerprint density at radius 3 is 2.47 bits per heavy atom. The predicted molar refractivity (Wildman–Crippen MR) is 133 cm³/mol. The molecule has 0 radical (unpaired) electrons. The molecule has 2 bridgehead atoms. The van der Waals surface area contributed by atoms with Gasteiger partial charge in [-0.1, -0.05) is 68.4 Å². The van der Waals surface area contributed by atoms with E-state index in [1.54, 1.807) is 15.8 Å². The number of hydrogen-bond donors (Lipinski definition) is 1. The number of aromatic hydroxyl groups is 1. The molecule has 2 aliphatic heterocycles. The summed E-state index contributed by atoms with van der Waals surface area (Å²) in [7, 11) is 0. The van der Waals surface area contributed by atoms with Crippen molar-refractivity contribution in [3.05, 3.63) is 99.5 Å². The van der Waals surface area contributed by atoms with Gasteiger partial charge in [0, 0.05) is 18.8 Å². The second kappa shape index (κ2) is 8.67. The molecule has 0 fully saturated rings. The number of pyridine rings is 1. The summed E-state index contributed by atoms with van der Waals surface area (Å²) in [5, 5.41) is 12.8. The maximum atomic E-state index is 13.4. The number of benzene rings is 2. The van der Waals surface area contributed by atoms with Crippen LogP contribution in [-0.2, 0) is 6.42 Å². The second-order valence-electron chi connectivity index (χ2n) is 10.2. The number of aryl methyl sites for hydroxylation is 1. The third-order valence-corrected chi connectivity index (χ3v) is 7.25. The molecule has 0 saturated heterocycles. The van der Waals surface area contributed by atoms with Gasteiger partial charge in [0.1, 0.15) is 6.67 Å². The first-order valence-electron chi connectivity index (χ1n) is 12.0. The highest BCUT2D eigenvalue weighted by Crippen LogP contribution is 2.37. The van der Waals surface area contributed by atoms with Gasteiger partial charge in [-0.05, 0) is 47.8 Å². The Morgan fingerprint density at radius 1 is 0.941 bits per heavy atom. The first-order valence-corrected chi connectivity index (χ1v) is 12.0. The molecule has 0 spiro atoms. The standard InChI is InChI=1S/C28H31N3O3/c1-28(2)15-8-17-29-19-31(30-18-14-23(32)26(33)25(30)27(29)34)24(21-10-4-3-5-11-21)22-12-7-6-9-20(22)13-16-28/h3-7,9-12,14,18,24,33H,8,13,15-17,19H2,1-2H3. The van der Waals surface area contributed by atoms with Crippen molar-refractivity contribution in [3.8, 4) is 5.75 Å². The van der Waals surface area contributed by atoms with Crippen LogP contribution in [0, 0.1) is 5.41 Å². The molecular formula is C28H31N3O3. The summed E-state index contributed by atoms with van der Waals surface area (Å²) in [6.07, 6.45) is 5.49. The fourth-order valence-corrected chi connectivity index (χ4v) is 5.29. The van der Waals surface area contributed by atoms with Crippen molar-refractivity contribution >= 4 is 5.91 Å². The van der Waals surface area contributed by atoms with Gasteiger partial charge in [-0.3, -0.25) is 19.3 Å². The van der Waals surface area contributed by atoms with Gasteiger partial charge in [-0.2, -0.15) is 0 Å². The molecule has 0 aliphatic carbocycles. The summed E-state index contributed by atoms with van der Waals surface area (Å²) in [4.78, 5) is 27.5. The highest BCUT2D eigenvalue weighted by molar-refractivity contribution is 5.96. The maximum Gasteiger partial charge on any atom is 0.277 e. The monoisotopic (exact) mass is 457 g/mol. The van der Waals surface area contributed by atoms with E-state index in [9.17, 15) is 14.7 Å². The molecule has 1 unspecified atom stereocenters. The molecule has 6 heteroatoms. The van der Waals surface area contributed by atoms with E-state index in [2.05, 4.69) is 55.3 Å². The van der Waals surface area contributed by atoms with Crippen molar-refractivity contribution in [2.45, 2.75) is 45.6 Å². The number of aromatic nitrogens is 1. The lowest BCUT2D eigenvalue weighted by Crippen LogP contribution is -2.55. The zero-order valence-corrected chi connectivity index (χ0v) is 19.8. The summed E-state index contributed by atoms with van der Waals surface area (Å²) in [5.74, 6) is -0.795. The molecule has 2 aliphatic rings. The van der Waals surface area contributed by atoms with Gasteiger partial charge in [0.2, 0.25) is 5.43 Å². The Morgan fingerprint density at radius 2 is 1.68 bits per heavy atom. The number of carbonyl (C=O) groups excluding carboxylic acids is 1. The van der Waals surface area contributed by atoms with Gasteiger partial charge in [0.05, 0.1) is 6.04 Å². The van der Waals surface area contributed by atoms with Crippen molar-refractivity contribution < 1.29 is 9.90 Å². The van der Waals surface area contributed by atoms with E-state index in [4.69, 9.17) is 0 Å². The van der Waals surface area contributed by atoms with E-state index in [1.807, 2.05) is 18.2 Å². The minimum atomic E-state index is -0.541. The first kappa shape index (κ1) is 22.3. The van der Waals surface area contributed by atoms with Gasteiger partial charge in [-0.25, -0.2) is 0 Å². The average Bonchev–Trinajstić information content (AvgIpc) is 2.83. The third kappa shape index (κ3) is 3.98. The largest absolute Gasteiger partial charge is 0.502 e. The normalized spacial score (nSPS) is 20.1. The SMILES string of the molecule is CC1(C)CCCN2CN(C(c3ccccc3)c3ccccc3CC1)n1ccc(=O)c(O)c1C2=O. The van der Waals surface area contributed by atoms with Gasteiger partial charge in [0.25, 0.3) is 5.91 Å². The topological polar surface area (TPSA) is 65.8 Å². The van der Waals surface area contributed by atoms with Crippen LogP contribution in [0.15, 0.2) is 71.7 Å². The van der Waals surface area contributed by atoms with E-state index < -0.39 is 11.2 Å². The molecule has 176 valence electrons. The maximum absolute atomic E-state index is 13.4. The van der Waals surface area contributed by atoms with Crippen LogP contribution in [0.2, 0.25) is 0 Å². The Kier molecular flexibility index (Phi) is 5.68. The minimum absolute atomic E-state index is 0.0356. The van der Waals surface area contributed by atoms with Crippen LogP contribution in [0.25, 0.3) is 0 Å². The smallest absolute Gasteiger partial charge is 0.277 e. The lowest BCUT2D eigenvalue weighted by molar-refractivity contribution is 0.0668. The van der Waals surface area contributed by atoms with Crippen molar-refractivity contribution in [2.75, 3.05) is 18.2 Å². The summed E-state index contributed by atoms with van der Waals surface area (Å²) in [6, 6.07) is 19.9. The number of fused-ring (bicyclic) bond motifs is 5. The highest BCUT2D eigenvalue weighted by Gasteiger charge is 2.37. The van der Waals surface area contributed by atoms with Gasteiger partial charge in [0.15, 0.2) is 11.4 Å². The van der Waals surface area contributed by atoms with E-state index in [1.165, 1.54) is 17.2 Å². The van der Waals surface area contributed by atoms with Crippen molar-refractivity contribution in [3.63, 3.8) is 0 Å². The van der Waals surface area contributed by atoms with Gasteiger partial charge < -0.3 is 10.0 Å². The molecule has 1 N–H and O–H groups in total. The van der Waals surface area contributed by atoms with Crippen LogP contribution >= 0.6 is 0 Å². The van der Waals surface area contributed by atoms with Crippen LogP contribution in [0.3, 0.4) is 0 Å². The van der Waals surface area contributed by atoms with Crippen LogP contribution in [0.1, 0.15) is 66.3 Å². The molecule has 5 rings (SSSR count). The average molecular weight is 458 g/mol. The van der Waals surface area contributed by atoms with Gasteiger partial charge >= 0.3 is 0 Å². The van der Waals surface area contributed by atoms with Gasteiger partial charge in [-0.15, -0.1) is 0 Å². The Bertz CT molecular complexity index is 1270. The van der Waals surface area contributed by atoms with Crippen LogP contribution in [0.4, 0.5) is 0 Å². The van der Waals surface area contributed by atoms with Crippen LogP contribution < -0.4 is 10.4 Å². The number of nitrogens with zero attached hydrogens (tertiary/aromatic N) is 3. The van der Waals surface area contributed by atoms with Crippen LogP contribution in [0.5, 0.6) is 5.75 Å². The molecule has 1 amide bonds. The lowest BCUT2D eigenvalue weighted by Gasteiger charge is -2.45. The zero-order valence-electron chi connectivity index (χ0n) is 19.8. The molecule has 3 aromatic rings. The predicted octanol–water partition coefficient (Wildman–Crippen LogP) is 4.45. The Balaban J connectivity index is 1.76. The zero-order chi connectivity index (χ0) is 23.9. The quantitative estimate of drug-likeness (QED) is 0.587. The van der Waals surface area contributed by atoms with Crippen molar-refractivity contribution in [2.24, 2.45) is 5.41 Å².